The molecule has 1 aliphatic heterocycles. The molecule has 1 aliphatic rings. The second-order valence-electron chi connectivity index (χ2n) is 5.11. The highest BCUT2D eigenvalue weighted by atomic mass is 16.5. The number of aliphatic hydroxyl groups excluding tert-OH is 1. The number of anilines is 1. The lowest BCUT2D eigenvalue weighted by atomic mass is 10.0. The predicted octanol–water partition coefficient (Wildman–Crippen LogP) is -0.458. The molecule has 0 saturated carbocycles. The molecule has 0 aromatic heterocycles. The summed E-state index contributed by atoms with van der Waals surface area (Å²) in [6, 6.07) is 3.13. The first-order chi connectivity index (χ1) is 11.4. The maximum absolute atomic E-state index is 12.1. The van der Waals surface area contributed by atoms with Gasteiger partial charge in [0.05, 0.1) is 12.3 Å². The number of amides is 2. The summed E-state index contributed by atoms with van der Waals surface area (Å²) in [4.78, 5) is 45.7. The number of rotatable bonds is 7. The number of ketones is 1. The number of hydrogen-bond donors (Lipinski definition) is 4. The highest BCUT2D eigenvalue weighted by Gasteiger charge is 2.20. The lowest BCUT2D eigenvalue weighted by molar-refractivity contribution is -0.142. The topological polar surface area (TPSA) is 142 Å². The zero-order valence-electron chi connectivity index (χ0n) is 12.6. The number of Topliss-reactive ketones (excluding diaryl/α,β-unsaturated/α-hetero) is 1. The molecule has 0 radical (unpaired) electrons. The quantitative estimate of drug-likeness (QED) is 0.494. The van der Waals surface area contributed by atoms with E-state index in [1.54, 1.807) is 6.07 Å². The van der Waals surface area contributed by atoms with Crippen molar-refractivity contribution in [3.8, 4) is 5.75 Å². The summed E-state index contributed by atoms with van der Waals surface area (Å²) in [6.45, 7) is -0.824. The third-order valence-electron chi connectivity index (χ3n) is 3.33. The lowest BCUT2D eigenvalue weighted by Gasteiger charge is -2.18. The van der Waals surface area contributed by atoms with Gasteiger partial charge in [0.2, 0.25) is 5.91 Å². The van der Waals surface area contributed by atoms with Gasteiger partial charge in [-0.3, -0.25) is 14.4 Å². The summed E-state index contributed by atoms with van der Waals surface area (Å²) in [6.07, 6.45) is -0.361. The Labute approximate surface area is 136 Å². The molecule has 1 unspecified atom stereocenters. The van der Waals surface area contributed by atoms with Crippen LogP contribution in [0.15, 0.2) is 18.2 Å². The van der Waals surface area contributed by atoms with E-state index in [0.717, 1.165) is 0 Å². The van der Waals surface area contributed by atoms with Gasteiger partial charge in [0.15, 0.2) is 12.4 Å². The van der Waals surface area contributed by atoms with Crippen LogP contribution < -0.4 is 15.4 Å². The summed E-state index contributed by atoms with van der Waals surface area (Å²) in [5.41, 5.74) is 0.678. The van der Waals surface area contributed by atoms with Gasteiger partial charge in [-0.25, -0.2) is 4.79 Å². The number of aliphatic hydroxyl groups is 1. The highest BCUT2D eigenvalue weighted by Crippen LogP contribution is 2.28. The van der Waals surface area contributed by atoms with Crippen molar-refractivity contribution in [2.24, 2.45) is 0 Å². The van der Waals surface area contributed by atoms with Crippen LogP contribution in [0.4, 0.5) is 5.69 Å². The minimum atomic E-state index is -1.40. The monoisotopic (exact) mass is 336 g/mol. The number of hydrogen-bond acceptors (Lipinski definition) is 6. The van der Waals surface area contributed by atoms with Gasteiger partial charge in [-0.2, -0.15) is 0 Å². The van der Waals surface area contributed by atoms with Gasteiger partial charge >= 0.3 is 5.97 Å². The zero-order chi connectivity index (χ0) is 17.7. The molecule has 0 fully saturated rings. The van der Waals surface area contributed by atoms with Gasteiger partial charge in [-0.05, 0) is 18.2 Å². The average molecular weight is 336 g/mol. The Hall–Kier alpha value is -2.94. The third kappa shape index (κ3) is 4.29. The Morgan fingerprint density at radius 3 is 2.71 bits per heavy atom. The normalized spacial score (nSPS) is 14.0. The molecule has 1 aromatic carbocycles. The first-order valence-corrected chi connectivity index (χ1v) is 7.13. The molecule has 1 aromatic rings. The molecule has 9 heteroatoms. The van der Waals surface area contributed by atoms with E-state index >= 15 is 0 Å². The molecule has 2 amide bonds. The summed E-state index contributed by atoms with van der Waals surface area (Å²) in [5.74, 6) is -2.23. The van der Waals surface area contributed by atoms with Crippen LogP contribution in [0.3, 0.4) is 0 Å². The Kier molecular flexibility index (Phi) is 5.48. The predicted molar refractivity (Wildman–Crippen MR) is 80.8 cm³/mol. The molecule has 9 nitrogen and oxygen atoms in total. The first-order valence-electron chi connectivity index (χ1n) is 7.13. The molecule has 0 spiro atoms. The number of ether oxygens (including phenoxy) is 1. The van der Waals surface area contributed by atoms with Crippen LogP contribution in [0.25, 0.3) is 0 Å². The Balaban J connectivity index is 1.93. The fourth-order valence-corrected chi connectivity index (χ4v) is 2.08. The van der Waals surface area contributed by atoms with E-state index in [1.807, 2.05) is 0 Å². The number of nitrogens with one attached hydrogen (secondary N) is 2. The van der Waals surface area contributed by atoms with E-state index in [4.69, 9.17) is 14.9 Å². The summed E-state index contributed by atoms with van der Waals surface area (Å²) in [7, 11) is 0. The number of carboxylic acids is 1. The molecule has 24 heavy (non-hydrogen) atoms. The van der Waals surface area contributed by atoms with Crippen molar-refractivity contribution in [2.45, 2.75) is 18.9 Å². The average Bonchev–Trinajstić information content (AvgIpc) is 2.56. The van der Waals surface area contributed by atoms with Crippen molar-refractivity contribution in [3.63, 3.8) is 0 Å². The Morgan fingerprint density at radius 2 is 2.04 bits per heavy atom. The Bertz CT molecular complexity index is 686. The van der Waals surface area contributed by atoms with Crippen LogP contribution in [-0.2, 0) is 14.4 Å². The van der Waals surface area contributed by atoms with Crippen LogP contribution in [-0.4, -0.2) is 53.0 Å². The maximum Gasteiger partial charge on any atom is 0.328 e. The molecule has 0 aliphatic carbocycles. The largest absolute Gasteiger partial charge is 0.482 e. The molecular weight excluding hydrogens is 320 g/mol. The van der Waals surface area contributed by atoms with Gasteiger partial charge in [0, 0.05) is 18.4 Å². The number of aliphatic carboxylic acids is 1. The van der Waals surface area contributed by atoms with E-state index in [2.05, 4.69) is 10.6 Å². The van der Waals surface area contributed by atoms with Crippen molar-refractivity contribution in [1.82, 2.24) is 5.32 Å². The standard InChI is InChI=1S/C15H16N2O7/c18-6-10(15(22)23)17-13(20)4-2-11(19)8-1-3-12-9(5-8)16-14(21)7-24-12/h1,3,5,10,18H,2,4,6-7H2,(H,16,21)(H,17,20)(H,22,23). The zero-order valence-corrected chi connectivity index (χ0v) is 12.6. The highest BCUT2D eigenvalue weighted by molar-refractivity contribution is 6.01. The number of benzene rings is 1. The smallest absolute Gasteiger partial charge is 0.328 e. The van der Waals surface area contributed by atoms with E-state index in [-0.39, 0.29) is 31.1 Å². The molecule has 0 saturated heterocycles. The minimum Gasteiger partial charge on any atom is -0.482 e. The minimum absolute atomic E-state index is 0.0872. The third-order valence-corrected chi connectivity index (χ3v) is 3.33. The van der Waals surface area contributed by atoms with Gasteiger partial charge in [-0.1, -0.05) is 0 Å². The van der Waals surface area contributed by atoms with Gasteiger partial charge < -0.3 is 25.6 Å². The van der Waals surface area contributed by atoms with Crippen LogP contribution >= 0.6 is 0 Å². The summed E-state index contributed by atoms with van der Waals surface area (Å²) in [5, 5.41) is 22.2. The van der Waals surface area contributed by atoms with Crippen LogP contribution in [0, 0.1) is 0 Å². The molecule has 0 bridgehead atoms. The summed E-state index contributed by atoms with van der Waals surface area (Å²) >= 11 is 0. The maximum atomic E-state index is 12.1. The molecule has 1 atom stereocenters. The number of carboxylic acid groups (broad SMARTS) is 1. The van der Waals surface area contributed by atoms with Crippen LogP contribution in [0.1, 0.15) is 23.2 Å². The van der Waals surface area contributed by atoms with Crippen LogP contribution in [0.2, 0.25) is 0 Å². The SMILES string of the molecule is O=C1COc2ccc(C(=O)CCC(=O)NC(CO)C(=O)O)cc2N1. The molecule has 1 heterocycles. The van der Waals surface area contributed by atoms with Crippen molar-refractivity contribution in [2.75, 3.05) is 18.5 Å². The number of carbonyl (C=O) groups excluding carboxylic acids is 3. The van der Waals surface area contributed by atoms with Gasteiger partial charge in [0.1, 0.15) is 11.8 Å². The van der Waals surface area contributed by atoms with Crippen LogP contribution in [0.5, 0.6) is 5.75 Å². The fourth-order valence-electron chi connectivity index (χ4n) is 2.08. The molecular formula is C15H16N2O7. The summed E-state index contributed by atoms with van der Waals surface area (Å²) < 4.78 is 5.18. The van der Waals surface area contributed by atoms with E-state index in [0.29, 0.717) is 17.0 Å². The van der Waals surface area contributed by atoms with E-state index in [9.17, 15) is 19.2 Å². The van der Waals surface area contributed by atoms with Gasteiger partial charge in [-0.15, -0.1) is 0 Å². The van der Waals surface area contributed by atoms with Crippen molar-refractivity contribution < 1.29 is 34.1 Å². The second-order valence-corrected chi connectivity index (χ2v) is 5.11. The lowest BCUT2D eigenvalue weighted by Crippen LogP contribution is -2.43. The van der Waals surface area contributed by atoms with Crippen molar-refractivity contribution in [1.29, 1.82) is 0 Å². The number of carbonyl (C=O) groups is 4. The molecule has 2 rings (SSSR count). The second kappa shape index (κ2) is 7.55. The number of fused-ring (bicyclic) bond motifs is 1. The Morgan fingerprint density at radius 1 is 1.29 bits per heavy atom. The van der Waals surface area contributed by atoms with Crippen molar-refractivity contribution >= 4 is 29.3 Å². The van der Waals surface area contributed by atoms with Crippen molar-refractivity contribution in [3.05, 3.63) is 23.8 Å². The van der Waals surface area contributed by atoms with E-state index < -0.39 is 24.5 Å². The van der Waals surface area contributed by atoms with Gasteiger partial charge in [0.25, 0.3) is 5.91 Å². The fraction of sp³-hybridized carbons (Fsp3) is 0.333. The molecule has 4 N–H and O–H groups in total. The first kappa shape index (κ1) is 17.4. The molecule has 128 valence electrons. The van der Waals surface area contributed by atoms with E-state index in [1.165, 1.54) is 12.1 Å².